The predicted molar refractivity (Wildman–Crippen MR) is 50.8 cm³/mol. The van der Waals surface area contributed by atoms with Crippen molar-refractivity contribution in [3.05, 3.63) is 24.7 Å². The van der Waals surface area contributed by atoms with E-state index in [1.54, 1.807) is 26.7 Å². The summed E-state index contributed by atoms with van der Waals surface area (Å²) >= 11 is 0. The zero-order valence-corrected chi connectivity index (χ0v) is 7.95. The van der Waals surface area contributed by atoms with Crippen LogP contribution in [0.5, 0.6) is 0 Å². The Labute approximate surface area is 74.9 Å². The van der Waals surface area contributed by atoms with Gasteiger partial charge in [0.15, 0.2) is 0 Å². The van der Waals surface area contributed by atoms with Crippen LogP contribution in [0, 0.1) is 0 Å². The van der Waals surface area contributed by atoms with Crippen LogP contribution in [0.2, 0.25) is 0 Å². The maximum atomic E-state index is 4.77. The first-order valence-corrected chi connectivity index (χ1v) is 4.27. The molecular weight excluding hydrogens is 152 g/mol. The molecule has 0 aliphatic carbocycles. The molecule has 0 unspecified atom stereocenters. The molecule has 12 heavy (non-hydrogen) atoms. The average molecular weight is 170 g/mol. The highest BCUT2D eigenvalue weighted by Crippen LogP contribution is 2.01. The molecule has 2 nitrogen and oxygen atoms in total. The maximum Gasteiger partial charge on any atom is 0.0784 e. The maximum absolute atomic E-state index is 4.77. The summed E-state index contributed by atoms with van der Waals surface area (Å²) in [4.78, 5) is 0. The van der Waals surface area contributed by atoms with E-state index in [9.17, 15) is 0 Å². The Morgan fingerprint density at radius 2 is 1.25 bits per heavy atom. The van der Waals surface area contributed by atoms with Crippen LogP contribution in [0.25, 0.3) is 0 Å². The Morgan fingerprint density at radius 3 is 1.58 bits per heavy atom. The summed E-state index contributed by atoms with van der Waals surface area (Å²) in [6.45, 7) is 0. The fraction of sp³-hybridized carbons (Fsp3) is 0.600. The predicted octanol–water partition coefficient (Wildman–Crippen LogP) is 2.87. The number of allylic oxidation sites excluding steroid dienone is 2. The molecule has 0 amide bonds. The van der Waals surface area contributed by atoms with Gasteiger partial charge in [-0.1, -0.05) is 0 Å². The van der Waals surface area contributed by atoms with Crippen molar-refractivity contribution in [1.82, 2.24) is 0 Å². The first-order chi connectivity index (χ1) is 5.91. The van der Waals surface area contributed by atoms with E-state index in [0.717, 1.165) is 12.8 Å². The highest BCUT2D eigenvalue weighted by Gasteiger charge is 1.82. The molecule has 0 fully saturated rings. The second-order valence-corrected chi connectivity index (χ2v) is 2.50. The summed E-state index contributed by atoms with van der Waals surface area (Å²) in [7, 11) is 3.33. The third-order valence-corrected chi connectivity index (χ3v) is 1.46. The molecule has 0 saturated carbocycles. The van der Waals surface area contributed by atoms with Crippen molar-refractivity contribution in [2.45, 2.75) is 25.7 Å². The zero-order valence-electron chi connectivity index (χ0n) is 7.95. The van der Waals surface area contributed by atoms with Crippen LogP contribution in [-0.2, 0) is 9.47 Å². The van der Waals surface area contributed by atoms with Crippen molar-refractivity contribution in [3.63, 3.8) is 0 Å². The van der Waals surface area contributed by atoms with Crippen LogP contribution in [0.3, 0.4) is 0 Å². The molecule has 0 rings (SSSR count). The van der Waals surface area contributed by atoms with Gasteiger partial charge in [-0.2, -0.15) is 0 Å². The monoisotopic (exact) mass is 170 g/mol. The van der Waals surface area contributed by atoms with Gasteiger partial charge in [0.1, 0.15) is 0 Å². The molecule has 0 atom stereocenters. The van der Waals surface area contributed by atoms with Crippen LogP contribution in [-0.4, -0.2) is 14.2 Å². The summed E-state index contributed by atoms with van der Waals surface area (Å²) in [6, 6.07) is 0. The zero-order chi connectivity index (χ0) is 9.07. The minimum Gasteiger partial charge on any atom is -0.505 e. The molecule has 0 N–H and O–H groups in total. The van der Waals surface area contributed by atoms with Crippen molar-refractivity contribution in [2.24, 2.45) is 0 Å². The summed E-state index contributed by atoms with van der Waals surface area (Å²) < 4.78 is 9.54. The van der Waals surface area contributed by atoms with E-state index in [1.807, 2.05) is 12.2 Å². The Bertz CT molecular complexity index is 112. The topological polar surface area (TPSA) is 18.5 Å². The van der Waals surface area contributed by atoms with Gasteiger partial charge >= 0.3 is 0 Å². The summed E-state index contributed by atoms with van der Waals surface area (Å²) in [5, 5.41) is 0. The molecule has 0 bridgehead atoms. The van der Waals surface area contributed by atoms with Crippen molar-refractivity contribution in [1.29, 1.82) is 0 Å². The lowest BCUT2D eigenvalue weighted by Crippen LogP contribution is -1.74. The number of methoxy groups -OCH3 is 2. The SMILES string of the molecule is CO/C=C/CCCC/C=C/OC. The highest BCUT2D eigenvalue weighted by molar-refractivity contribution is 4.76. The Balaban J connectivity index is 3.00. The van der Waals surface area contributed by atoms with E-state index in [4.69, 9.17) is 9.47 Å². The standard InChI is InChI=1S/C10H18O2/c1-11-9-7-5-3-4-6-8-10-12-2/h7-10H,3-6H2,1-2H3/b9-7+,10-8+. The van der Waals surface area contributed by atoms with Gasteiger partial charge in [0.05, 0.1) is 26.7 Å². The van der Waals surface area contributed by atoms with E-state index < -0.39 is 0 Å². The summed E-state index contributed by atoms with van der Waals surface area (Å²) in [5.74, 6) is 0. The summed E-state index contributed by atoms with van der Waals surface area (Å²) in [5.41, 5.74) is 0. The number of hydrogen-bond donors (Lipinski definition) is 0. The Kier molecular flexibility index (Phi) is 9.31. The smallest absolute Gasteiger partial charge is 0.0784 e. The lowest BCUT2D eigenvalue weighted by Gasteiger charge is -1.92. The molecule has 0 aliphatic heterocycles. The van der Waals surface area contributed by atoms with Crippen molar-refractivity contribution in [2.75, 3.05) is 14.2 Å². The normalized spacial score (nSPS) is 11.2. The van der Waals surface area contributed by atoms with Gasteiger partial charge in [-0.3, -0.25) is 0 Å². The van der Waals surface area contributed by atoms with E-state index in [2.05, 4.69) is 0 Å². The number of ether oxygens (including phenoxy) is 2. The molecule has 0 aromatic heterocycles. The minimum atomic E-state index is 1.09. The second kappa shape index (κ2) is 10.1. The van der Waals surface area contributed by atoms with Gasteiger partial charge in [-0.25, -0.2) is 0 Å². The van der Waals surface area contributed by atoms with Crippen molar-refractivity contribution < 1.29 is 9.47 Å². The van der Waals surface area contributed by atoms with Gasteiger partial charge in [-0.05, 0) is 37.8 Å². The van der Waals surface area contributed by atoms with E-state index in [-0.39, 0.29) is 0 Å². The van der Waals surface area contributed by atoms with E-state index >= 15 is 0 Å². The fourth-order valence-electron chi connectivity index (χ4n) is 0.853. The molecule has 2 heteroatoms. The average Bonchev–Trinajstić information content (AvgIpc) is 2.10. The third kappa shape index (κ3) is 9.08. The molecule has 70 valence electrons. The van der Waals surface area contributed by atoms with E-state index in [0.29, 0.717) is 0 Å². The minimum absolute atomic E-state index is 1.09. The first-order valence-electron chi connectivity index (χ1n) is 4.27. The molecular formula is C10H18O2. The first kappa shape index (κ1) is 11.1. The molecule has 0 aromatic carbocycles. The largest absolute Gasteiger partial charge is 0.505 e. The lowest BCUT2D eigenvalue weighted by atomic mass is 10.2. The molecule has 0 spiro atoms. The van der Waals surface area contributed by atoms with Crippen LogP contribution in [0.15, 0.2) is 24.7 Å². The molecule has 0 saturated heterocycles. The number of hydrogen-bond acceptors (Lipinski definition) is 2. The Hall–Kier alpha value is -0.920. The Morgan fingerprint density at radius 1 is 0.833 bits per heavy atom. The quantitative estimate of drug-likeness (QED) is 0.432. The highest BCUT2D eigenvalue weighted by atomic mass is 16.5. The van der Waals surface area contributed by atoms with Crippen LogP contribution in [0.4, 0.5) is 0 Å². The molecule has 0 aromatic rings. The molecule has 0 aliphatic rings. The van der Waals surface area contributed by atoms with Gasteiger partial charge in [0.2, 0.25) is 0 Å². The van der Waals surface area contributed by atoms with Gasteiger partial charge < -0.3 is 9.47 Å². The number of rotatable bonds is 7. The van der Waals surface area contributed by atoms with Crippen molar-refractivity contribution >= 4 is 0 Å². The van der Waals surface area contributed by atoms with Crippen LogP contribution < -0.4 is 0 Å². The summed E-state index contributed by atoms with van der Waals surface area (Å²) in [6.07, 6.45) is 12.1. The van der Waals surface area contributed by atoms with Gasteiger partial charge in [-0.15, -0.1) is 0 Å². The third-order valence-electron chi connectivity index (χ3n) is 1.46. The molecule has 0 heterocycles. The second-order valence-electron chi connectivity index (χ2n) is 2.50. The van der Waals surface area contributed by atoms with Gasteiger partial charge in [0.25, 0.3) is 0 Å². The van der Waals surface area contributed by atoms with E-state index in [1.165, 1.54) is 12.8 Å². The van der Waals surface area contributed by atoms with Crippen LogP contribution in [0.1, 0.15) is 25.7 Å². The molecule has 0 radical (unpaired) electrons. The fourth-order valence-corrected chi connectivity index (χ4v) is 0.853. The van der Waals surface area contributed by atoms with Crippen molar-refractivity contribution in [3.8, 4) is 0 Å². The van der Waals surface area contributed by atoms with Crippen LogP contribution >= 0.6 is 0 Å². The number of unbranched alkanes of at least 4 members (excludes halogenated alkanes) is 3. The van der Waals surface area contributed by atoms with Gasteiger partial charge in [0, 0.05) is 0 Å². The lowest BCUT2D eigenvalue weighted by molar-refractivity contribution is 0.335.